The Bertz CT molecular complexity index is 1200. The number of nitrogens with zero attached hydrogens (tertiary/aromatic N) is 1. The number of halogens is 3. The first kappa shape index (κ1) is 24.9. The van der Waals surface area contributed by atoms with Crippen molar-refractivity contribution in [3.63, 3.8) is 0 Å². The molecule has 0 saturated heterocycles. The highest BCUT2D eigenvalue weighted by Gasteiger charge is 2.31. The molecule has 0 fully saturated rings. The molecule has 0 atom stereocenters. The summed E-state index contributed by atoms with van der Waals surface area (Å²) in [5.74, 6) is -0.611. The smallest absolute Gasteiger partial charge is 0.494 e. The normalized spacial score (nSPS) is 11.5. The maximum Gasteiger partial charge on any atom is 0.573 e. The van der Waals surface area contributed by atoms with Gasteiger partial charge >= 0.3 is 6.36 Å². The van der Waals surface area contributed by atoms with Gasteiger partial charge in [-0.2, -0.15) is 0 Å². The number of benzene rings is 3. The molecule has 7 nitrogen and oxygen atoms in total. The minimum Gasteiger partial charge on any atom is -0.494 e. The van der Waals surface area contributed by atoms with Crippen LogP contribution in [0.1, 0.15) is 6.92 Å². The molecule has 1 N–H and O–H groups in total. The molecule has 11 heteroatoms. The van der Waals surface area contributed by atoms with Crippen molar-refractivity contribution in [2.24, 2.45) is 0 Å². The van der Waals surface area contributed by atoms with Crippen LogP contribution in [0.25, 0.3) is 0 Å². The first-order chi connectivity index (χ1) is 16.1. The van der Waals surface area contributed by atoms with Crippen molar-refractivity contribution in [2.75, 3.05) is 22.8 Å². The van der Waals surface area contributed by atoms with E-state index in [1.165, 1.54) is 36.4 Å². The van der Waals surface area contributed by atoms with Gasteiger partial charge in [-0.3, -0.25) is 9.10 Å². The van der Waals surface area contributed by atoms with Crippen LogP contribution in [-0.4, -0.2) is 33.8 Å². The van der Waals surface area contributed by atoms with Gasteiger partial charge in [0, 0.05) is 5.69 Å². The molecule has 0 aromatic heterocycles. The summed E-state index contributed by atoms with van der Waals surface area (Å²) in [5, 5.41) is 2.48. The van der Waals surface area contributed by atoms with E-state index < -0.39 is 34.6 Å². The Morgan fingerprint density at radius 3 is 2.06 bits per heavy atom. The summed E-state index contributed by atoms with van der Waals surface area (Å²) in [4.78, 5) is 12.7. The molecule has 0 aliphatic rings. The SMILES string of the molecule is CCOc1ccc(N(CC(=O)Nc2ccc(OC(F)(F)F)cc2)S(=O)(=O)c2ccccc2)cc1. The monoisotopic (exact) mass is 494 g/mol. The lowest BCUT2D eigenvalue weighted by atomic mass is 10.3. The van der Waals surface area contributed by atoms with E-state index in [1.54, 1.807) is 30.3 Å². The summed E-state index contributed by atoms with van der Waals surface area (Å²) in [7, 11) is -4.11. The molecule has 1 amide bonds. The highest BCUT2D eigenvalue weighted by Crippen LogP contribution is 2.27. The van der Waals surface area contributed by atoms with Gasteiger partial charge in [0.2, 0.25) is 5.91 Å². The van der Waals surface area contributed by atoms with Gasteiger partial charge in [-0.25, -0.2) is 8.42 Å². The summed E-state index contributed by atoms with van der Waals surface area (Å²) in [6.07, 6.45) is -4.84. The number of hydrogen-bond donors (Lipinski definition) is 1. The van der Waals surface area contributed by atoms with Gasteiger partial charge in [-0.15, -0.1) is 13.2 Å². The van der Waals surface area contributed by atoms with E-state index in [1.807, 2.05) is 6.92 Å². The fourth-order valence-electron chi connectivity index (χ4n) is 2.98. The molecule has 34 heavy (non-hydrogen) atoms. The fourth-order valence-corrected chi connectivity index (χ4v) is 4.42. The van der Waals surface area contributed by atoms with Gasteiger partial charge in [0.1, 0.15) is 18.0 Å². The molecule has 0 aliphatic heterocycles. The first-order valence-corrected chi connectivity index (χ1v) is 11.5. The van der Waals surface area contributed by atoms with Crippen molar-refractivity contribution < 1.29 is 35.9 Å². The Morgan fingerprint density at radius 1 is 0.912 bits per heavy atom. The zero-order valence-electron chi connectivity index (χ0n) is 18.0. The molecular formula is C23H21F3N2O5S. The van der Waals surface area contributed by atoms with Crippen LogP contribution >= 0.6 is 0 Å². The highest BCUT2D eigenvalue weighted by atomic mass is 32.2. The average molecular weight is 494 g/mol. The van der Waals surface area contributed by atoms with E-state index in [9.17, 15) is 26.4 Å². The molecule has 0 aliphatic carbocycles. The zero-order chi connectivity index (χ0) is 24.8. The largest absolute Gasteiger partial charge is 0.573 e. The van der Waals surface area contributed by atoms with Crippen LogP contribution in [0.5, 0.6) is 11.5 Å². The predicted molar refractivity (Wildman–Crippen MR) is 120 cm³/mol. The Labute approximate surface area is 194 Å². The van der Waals surface area contributed by atoms with Gasteiger partial charge < -0.3 is 14.8 Å². The Kier molecular flexibility index (Phi) is 7.67. The van der Waals surface area contributed by atoms with E-state index in [4.69, 9.17) is 4.74 Å². The Morgan fingerprint density at radius 2 is 1.50 bits per heavy atom. The molecule has 0 bridgehead atoms. The van der Waals surface area contributed by atoms with E-state index in [0.717, 1.165) is 16.4 Å². The molecule has 0 heterocycles. The summed E-state index contributed by atoms with van der Waals surface area (Å²) in [6, 6.07) is 18.3. The topological polar surface area (TPSA) is 84.9 Å². The number of carbonyl (C=O) groups is 1. The zero-order valence-corrected chi connectivity index (χ0v) is 18.8. The van der Waals surface area contributed by atoms with Crippen LogP contribution in [0.2, 0.25) is 0 Å². The molecule has 0 unspecified atom stereocenters. The number of carbonyl (C=O) groups excluding carboxylic acids is 1. The van der Waals surface area contributed by atoms with Crippen LogP contribution in [0, 0.1) is 0 Å². The molecule has 3 rings (SSSR count). The summed E-state index contributed by atoms with van der Waals surface area (Å²) < 4.78 is 73.7. The van der Waals surface area contributed by atoms with E-state index >= 15 is 0 Å². The van der Waals surface area contributed by atoms with Crippen LogP contribution in [-0.2, 0) is 14.8 Å². The van der Waals surface area contributed by atoms with E-state index in [-0.39, 0.29) is 16.3 Å². The molecular weight excluding hydrogens is 473 g/mol. The molecule has 3 aromatic carbocycles. The second-order valence-corrected chi connectivity index (χ2v) is 8.73. The molecule has 0 radical (unpaired) electrons. The summed E-state index contributed by atoms with van der Waals surface area (Å²) in [6.45, 7) is 1.67. The van der Waals surface area contributed by atoms with Gasteiger partial charge in [0.25, 0.3) is 10.0 Å². The van der Waals surface area contributed by atoms with Crippen molar-refractivity contribution in [1.29, 1.82) is 0 Å². The molecule has 0 saturated carbocycles. The van der Waals surface area contributed by atoms with Crippen molar-refractivity contribution in [2.45, 2.75) is 18.2 Å². The van der Waals surface area contributed by atoms with Gasteiger partial charge in [0.15, 0.2) is 0 Å². The number of sulfonamides is 1. The third-order valence-electron chi connectivity index (χ3n) is 4.43. The number of hydrogen-bond acceptors (Lipinski definition) is 5. The third-order valence-corrected chi connectivity index (χ3v) is 6.21. The number of nitrogens with one attached hydrogen (secondary N) is 1. The van der Waals surface area contributed by atoms with Crippen LogP contribution < -0.4 is 19.1 Å². The first-order valence-electron chi connectivity index (χ1n) is 10.0. The highest BCUT2D eigenvalue weighted by molar-refractivity contribution is 7.92. The van der Waals surface area contributed by atoms with Gasteiger partial charge in [-0.05, 0) is 67.6 Å². The predicted octanol–water partition coefficient (Wildman–Crippen LogP) is 4.82. The van der Waals surface area contributed by atoms with E-state index in [0.29, 0.717) is 12.4 Å². The minimum absolute atomic E-state index is 0.00895. The summed E-state index contributed by atoms with van der Waals surface area (Å²) >= 11 is 0. The maximum atomic E-state index is 13.3. The Hall–Kier alpha value is -3.73. The lowest BCUT2D eigenvalue weighted by molar-refractivity contribution is -0.274. The van der Waals surface area contributed by atoms with Crippen molar-refractivity contribution in [3.8, 4) is 11.5 Å². The lowest BCUT2D eigenvalue weighted by Crippen LogP contribution is -2.38. The number of rotatable bonds is 9. The average Bonchev–Trinajstić information content (AvgIpc) is 2.79. The maximum absolute atomic E-state index is 13.3. The Balaban J connectivity index is 1.83. The van der Waals surface area contributed by atoms with Crippen LogP contribution in [0.15, 0.2) is 83.8 Å². The van der Waals surface area contributed by atoms with Crippen molar-refractivity contribution >= 4 is 27.3 Å². The molecule has 0 spiro atoms. The fraction of sp³-hybridized carbons (Fsp3) is 0.174. The van der Waals surface area contributed by atoms with Crippen molar-refractivity contribution in [3.05, 3.63) is 78.9 Å². The number of amides is 1. The number of ether oxygens (including phenoxy) is 2. The second-order valence-electron chi connectivity index (χ2n) is 6.87. The van der Waals surface area contributed by atoms with Crippen molar-refractivity contribution in [1.82, 2.24) is 0 Å². The molecule has 3 aromatic rings. The number of alkyl halides is 3. The third kappa shape index (κ3) is 6.64. The minimum atomic E-state index is -4.84. The number of anilines is 2. The standard InChI is InChI=1S/C23H21F3N2O5S/c1-2-32-19-14-10-18(11-15-19)28(34(30,31)21-6-4-3-5-7-21)16-22(29)27-17-8-12-20(13-9-17)33-23(24,25)26/h3-15H,2,16H2,1H3,(H,27,29). The lowest BCUT2D eigenvalue weighted by Gasteiger charge is -2.24. The van der Waals surface area contributed by atoms with Gasteiger partial charge in [0.05, 0.1) is 17.2 Å². The van der Waals surface area contributed by atoms with Gasteiger partial charge in [-0.1, -0.05) is 18.2 Å². The van der Waals surface area contributed by atoms with Crippen LogP contribution in [0.3, 0.4) is 0 Å². The molecule has 180 valence electrons. The van der Waals surface area contributed by atoms with Crippen LogP contribution in [0.4, 0.5) is 24.5 Å². The second kappa shape index (κ2) is 10.5. The van der Waals surface area contributed by atoms with E-state index in [2.05, 4.69) is 10.1 Å². The quantitative estimate of drug-likeness (QED) is 0.461. The summed E-state index contributed by atoms with van der Waals surface area (Å²) in [5.41, 5.74) is 0.402.